The number of rotatable bonds is 3. The van der Waals surface area contributed by atoms with E-state index in [1.54, 1.807) is 0 Å². The van der Waals surface area contributed by atoms with Gasteiger partial charge in [-0.1, -0.05) is 48.0 Å². The van der Waals surface area contributed by atoms with Crippen LogP contribution in [0.4, 0.5) is 0 Å². The van der Waals surface area contributed by atoms with Crippen molar-refractivity contribution in [1.29, 1.82) is 0 Å². The second-order valence-corrected chi connectivity index (χ2v) is 5.15. The van der Waals surface area contributed by atoms with Crippen molar-refractivity contribution in [3.8, 4) is 11.5 Å². The van der Waals surface area contributed by atoms with Crippen molar-refractivity contribution in [2.24, 2.45) is 5.73 Å². The largest absolute Gasteiger partial charge is 0.419 e. The SMILES string of the molecule is Cc1ccc(-c2nnc(C(N)c3ccccc3)o2)c(C)c1. The maximum atomic E-state index is 6.17. The van der Waals surface area contributed by atoms with Crippen LogP contribution in [0, 0.1) is 13.8 Å². The third kappa shape index (κ3) is 2.71. The van der Waals surface area contributed by atoms with Gasteiger partial charge in [0.25, 0.3) is 0 Å². The summed E-state index contributed by atoms with van der Waals surface area (Å²) in [7, 11) is 0. The number of benzene rings is 2. The fraction of sp³-hybridized carbons (Fsp3) is 0.176. The van der Waals surface area contributed by atoms with Gasteiger partial charge < -0.3 is 10.2 Å². The number of hydrogen-bond acceptors (Lipinski definition) is 4. The molecule has 0 aliphatic heterocycles. The van der Waals surface area contributed by atoms with E-state index in [0.717, 1.165) is 16.7 Å². The lowest BCUT2D eigenvalue weighted by molar-refractivity contribution is 0.484. The third-order valence-corrected chi connectivity index (χ3v) is 3.48. The summed E-state index contributed by atoms with van der Waals surface area (Å²) < 4.78 is 5.76. The highest BCUT2D eigenvalue weighted by molar-refractivity contribution is 5.58. The van der Waals surface area contributed by atoms with E-state index in [9.17, 15) is 0 Å². The summed E-state index contributed by atoms with van der Waals surface area (Å²) in [4.78, 5) is 0. The molecule has 21 heavy (non-hydrogen) atoms. The molecule has 3 rings (SSSR count). The molecule has 1 aromatic heterocycles. The van der Waals surface area contributed by atoms with Crippen LogP contribution < -0.4 is 5.73 Å². The van der Waals surface area contributed by atoms with Crippen molar-refractivity contribution in [3.05, 3.63) is 71.1 Å². The summed E-state index contributed by atoms with van der Waals surface area (Å²) in [6.45, 7) is 4.09. The second-order valence-electron chi connectivity index (χ2n) is 5.15. The Morgan fingerprint density at radius 2 is 1.76 bits per heavy atom. The van der Waals surface area contributed by atoms with Crippen molar-refractivity contribution >= 4 is 0 Å². The topological polar surface area (TPSA) is 64.9 Å². The van der Waals surface area contributed by atoms with Gasteiger partial charge in [-0.15, -0.1) is 10.2 Å². The molecule has 106 valence electrons. The second kappa shape index (κ2) is 5.50. The molecule has 0 saturated carbocycles. The first kappa shape index (κ1) is 13.5. The molecule has 0 amide bonds. The minimum absolute atomic E-state index is 0.404. The van der Waals surface area contributed by atoms with Gasteiger partial charge in [-0.2, -0.15) is 0 Å². The van der Waals surface area contributed by atoms with Crippen molar-refractivity contribution < 1.29 is 4.42 Å². The molecule has 1 unspecified atom stereocenters. The molecule has 2 aromatic carbocycles. The van der Waals surface area contributed by atoms with Crippen LogP contribution in [-0.2, 0) is 0 Å². The normalized spacial score (nSPS) is 12.3. The lowest BCUT2D eigenvalue weighted by Crippen LogP contribution is -2.11. The molecule has 0 aliphatic rings. The number of hydrogen-bond donors (Lipinski definition) is 1. The van der Waals surface area contributed by atoms with Crippen LogP contribution >= 0.6 is 0 Å². The maximum absolute atomic E-state index is 6.17. The molecule has 3 aromatic rings. The molecule has 0 aliphatic carbocycles. The van der Waals surface area contributed by atoms with Crippen LogP contribution in [0.1, 0.15) is 28.6 Å². The Bertz CT molecular complexity index is 750. The van der Waals surface area contributed by atoms with Crippen LogP contribution in [-0.4, -0.2) is 10.2 Å². The van der Waals surface area contributed by atoms with Crippen molar-refractivity contribution in [1.82, 2.24) is 10.2 Å². The Labute approximate surface area is 123 Å². The molecule has 0 bridgehead atoms. The van der Waals surface area contributed by atoms with Crippen molar-refractivity contribution in [3.63, 3.8) is 0 Å². The van der Waals surface area contributed by atoms with Gasteiger partial charge in [-0.3, -0.25) is 0 Å². The average molecular weight is 279 g/mol. The smallest absolute Gasteiger partial charge is 0.248 e. The van der Waals surface area contributed by atoms with Crippen LogP contribution in [0.2, 0.25) is 0 Å². The van der Waals surface area contributed by atoms with Gasteiger partial charge in [-0.25, -0.2) is 0 Å². The van der Waals surface area contributed by atoms with E-state index < -0.39 is 6.04 Å². The van der Waals surface area contributed by atoms with Crippen molar-refractivity contribution in [2.45, 2.75) is 19.9 Å². The van der Waals surface area contributed by atoms with Gasteiger partial charge in [0.2, 0.25) is 11.8 Å². The molecule has 1 heterocycles. The lowest BCUT2D eigenvalue weighted by atomic mass is 10.1. The highest BCUT2D eigenvalue weighted by Crippen LogP contribution is 2.26. The fourth-order valence-electron chi connectivity index (χ4n) is 2.33. The van der Waals surface area contributed by atoms with Gasteiger partial charge in [0.15, 0.2) is 0 Å². The Morgan fingerprint density at radius 3 is 2.48 bits per heavy atom. The van der Waals surface area contributed by atoms with E-state index in [1.807, 2.05) is 49.4 Å². The number of nitrogens with two attached hydrogens (primary N) is 1. The number of aromatic nitrogens is 2. The zero-order valence-electron chi connectivity index (χ0n) is 12.1. The van der Waals surface area contributed by atoms with Crippen LogP contribution in [0.5, 0.6) is 0 Å². The lowest BCUT2D eigenvalue weighted by Gasteiger charge is -2.06. The molecular formula is C17H17N3O. The number of aryl methyl sites for hydroxylation is 2. The summed E-state index contributed by atoms with van der Waals surface area (Å²) >= 11 is 0. The third-order valence-electron chi connectivity index (χ3n) is 3.48. The van der Waals surface area contributed by atoms with E-state index in [1.165, 1.54) is 5.56 Å². The predicted octanol–water partition coefficient (Wildman–Crippen LogP) is 3.40. The highest BCUT2D eigenvalue weighted by atomic mass is 16.4. The van der Waals surface area contributed by atoms with Gasteiger partial charge in [0, 0.05) is 5.56 Å². The first-order valence-corrected chi connectivity index (χ1v) is 6.86. The fourth-order valence-corrected chi connectivity index (χ4v) is 2.33. The Balaban J connectivity index is 1.93. The summed E-state index contributed by atoms with van der Waals surface area (Å²) in [5, 5.41) is 8.22. The van der Waals surface area contributed by atoms with E-state index in [0.29, 0.717) is 11.8 Å². The standard InChI is InChI=1S/C17H17N3O/c1-11-8-9-14(12(2)10-11)16-19-20-17(21-16)15(18)13-6-4-3-5-7-13/h3-10,15H,18H2,1-2H3. The van der Waals surface area contributed by atoms with Gasteiger partial charge in [0.1, 0.15) is 6.04 Å². The zero-order valence-corrected chi connectivity index (χ0v) is 12.1. The molecular weight excluding hydrogens is 262 g/mol. The number of nitrogens with zero attached hydrogens (tertiary/aromatic N) is 2. The molecule has 0 radical (unpaired) electrons. The quantitative estimate of drug-likeness (QED) is 0.798. The van der Waals surface area contributed by atoms with Gasteiger partial charge in [-0.05, 0) is 31.0 Å². The van der Waals surface area contributed by atoms with E-state index >= 15 is 0 Å². The zero-order chi connectivity index (χ0) is 14.8. The monoisotopic (exact) mass is 279 g/mol. The van der Waals surface area contributed by atoms with E-state index in [2.05, 4.69) is 23.2 Å². The van der Waals surface area contributed by atoms with Gasteiger partial charge in [0.05, 0.1) is 0 Å². The van der Waals surface area contributed by atoms with Crippen LogP contribution in [0.15, 0.2) is 52.9 Å². The van der Waals surface area contributed by atoms with E-state index in [-0.39, 0.29) is 0 Å². The molecule has 0 spiro atoms. The van der Waals surface area contributed by atoms with Crippen LogP contribution in [0.25, 0.3) is 11.5 Å². The predicted molar refractivity (Wildman–Crippen MR) is 81.7 cm³/mol. The first-order valence-electron chi connectivity index (χ1n) is 6.86. The maximum Gasteiger partial charge on any atom is 0.248 e. The van der Waals surface area contributed by atoms with Crippen LogP contribution in [0.3, 0.4) is 0 Å². The first-order chi connectivity index (χ1) is 10.1. The summed E-state index contributed by atoms with van der Waals surface area (Å²) in [5.41, 5.74) is 10.4. The van der Waals surface area contributed by atoms with Crippen molar-refractivity contribution in [2.75, 3.05) is 0 Å². The highest BCUT2D eigenvalue weighted by Gasteiger charge is 2.17. The molecule has 4 nitrogen and oxygen atoms in total. The molecule has 4 heteroatoms. The molecule has 2 N–H and O–H groups in total. The minimum atomic E-state index is -0.404. The minimum Gasteiger partial charge on any atom is -0.419 e. The summed E-state index contributed by atoms with van der Waals surface area (Å²) in [6, 6.07) is 15.4. The molecule has 0 fully saturated rings. The molecule has 0 saturated heterocycles. The Morgan fingerprint density at radius 1 is 1.00 bits per heavy atom. The molecule has 1 atom stereocenters. The summed E-state index contributed by atoms with van der Waals surface area (Å²) in [6.07, 6.45) is 0. The van der Waals surface area contributed by atoms with Gasteiger partial charge >= 0.3 is 0 Å². The summed E-state index contributed by atoms with van der Waals surface area (Å²) in [5.74, 6) is 0.935. The Kier molecular flexibility index (Phi) is 3.54. The van der Waals surface area contributed by atoms with E-state index in [4.69, 9.17) is 10.2 Å². The average Bonchev–Trinajstić information content (AvgIpc) is 2.97. The Hall–Kier alpha value is -2.46.